The van der Waals surface area contributed by atoms with Crippen LogP contribution < -0.4 is 5.32 Å². The van der Waals surface area contributed by atoms with E-state index in [0.29, 0.717) is 6.54 Å². The molecule has 0 aliphatic rings. The molecule has 6 heteroatoms. The lowest BCUT2D eigenvalue weighted by atomic mass is 10.2. The summed E-state index contributed by atoms with van der Waals surface area (Å²) in [4.78, 5) is 13.9. The van der Waals surface area contributed by atoms with Crippen LogP contribution in [0.25, 0.3) is 0 Å². The van der Waals surface area contributed by atoms with Crippen molar-refractivity contribution >= 4 is 27.5 Å². The Kier molecular flexibility index (Phi) is 6.24. The van der Waals surface area contributed by atoms with Crippen molar-refractivity contribution in [2.45, 2.75) is 13.0 Å². The molecule has 0 saturated heterocycles. The van der Waals surface area contributed by atoms with Gasteiger partial charge in [0.05, 0.1) is 0 Å². The van der Waals surface area contributed by atoms with E-state index in [-0.39, 0.29) is 18.0 Å². The first kappa shape index (κ1) is 17.6. The van der Waals surface area contributed by atoms with E-state index in [9.17, 15) is 13.6 Å². The van der Waals surface area contributed by atoms with E-state index in [1.807, 2.05) is 36.2 Å². The predicted octanol–water partition coefficient (Wildman–Crippen LogP) is 4.19. The topological polar surface area (TPSA) is 32.3 Å². The number of nitrogens with one attached hydrogen (secondary N) is 1. The molecule has 0 atom stereocenters. The highest BCUT2D eigenvalue weighted by molar-refractivity contribution is 9.10. The number of hydrogen-bond acceptors (Lipinski definition) is 2. The molecule has 0 radical (unpaired) electrons. The van der Waals surface area contributed by atoms with Crippen molar-refractivity contribution in [3.63, 3.8) is 0 Å². The molecule has 0 aliphatic heterocycles. The van der Waals surface area contributed by atoms with Crippen molar-refractivity contribution in [2.75, 3.05) is 18.9 Å². The fourth-order valence-corrected chi connectivity index (χ4v) is 2.33. The second kappa shape index (κ2) is 8.17. The van der Waals surface area contributed by atoms with Crippen LogP contribution in [0.3, 0.4) is 0 Å². The van der Waals surface area contributed by atoms with Crippen LogP contribution >= 0.6 is 15.9 Å². The van der Waals surface area contributed by atoms with E-state index in [1.165, 1.54) is 6.07 Å². The van der Waals surface area contributed by atoms with Crippen molar-refractivity contribution in [1.29, 1.82) is 0 Å². The van der Waals surface area contributed by atoms with Gasteiger partial charge in [0.25, 0.3) is 0 Å². The molecule has 1 N–H and O–H groups in total. The monoisotopic (exact) mass is 382 g/mol. The van der Waals surface area contributed by atoms with E-state index < -0.39 is 11.6 Å². The fraction of sp³-hybridized carbons (Fsp3) is 0.235. The summed E-state index contributed by atoms with van der Waals surface area (Å²) < 4.78 is 26.9. The second-order valence-corrected chi connectivity index (χ2v) is 6.21. The number of anilines is 1. The minimum atomic E-state index is -0.977. The predicted molar refractivity (Wildman–Crippen MR) is 90.1 cm³/mol. The number of benzene rings is 2. The summed E-state index contributed by atoms with van der Waals surface area (Å²) in [7, 11) is 1.92. The Morgan fingerprint density at radius 3 is 2.48 bits per heavy atom. The highest BCUT2D eigenvalue weighted by atomic mass is 79.9. The zero-order chi connectivity index (χ0) is 16.8. The first-order valence-electron chi connectivity index (χ1n) is 7.12. The molecule has 0 spiro atoms. The van der Waals surface area contributed by atoms with Gasteiger partial charge in [0.1, 0.15) is 0 Å². The summed E-state index contributed by atoms with van der Waals surface area (Å²) >= 11 is 3.39. The molecule has 0 heterocycles. The molecular formula is C17H17BrF2N2O. The van der Waals surface area contributed by atoms with Gasteiger partial charge in [0.2, 0.25) is 5.91 Å². The zero-order valence-corrected chi connectivity index (χ0v) is 14.2. The Hall–Kier alpha value is -1.79. The fourth-order valence-electron chi connectivity index (χ4n) is 2.07. The minimum Gasteiger partial charge on any atom is -0.326 e. The van der Waals surface area contributed by atoms with E-state index in [4.69, 9.17) is 0 Å². The number of carbonyl (C=O) groups excluding carboxylic acids is 1. The summed E-state index contributed by atoms with van der Waals surface area (Å²) in [5.41, 5.74) is 1.40. The average Bonchev–Trinajstić information content (AvgIpc) is 2.51. The van der Waals surface area contributed by atoms with Crippen LogP contribution in [0.2, 0.25) is 0 Å². The lowest BCUT2D eigenvalue weighted by Gasteiger charge is -2.16. The molecule has 0 fully saturated rings. The maximum Gasteiger partial charge on any atom is 0.225 e. The van der Waals surface area contributed by atoms with Gasteiger partial charge in [-0.05, 0) is 36.9 Å². The number of halogens is 3. The first-order chi connectivity index (χ1) is 10.9. The SMILES string of the molecule is CN(CCC(=O)Nc1ccc(F)c(F)c1)Cc1ccc(Br)cc1. The minimum absolute atomic E-state index is 0.237. The van der Waals surface area contributed by atoms with Crippen molar-refractivity contribution in [3.8, 4) is 0 Å². The number of hydrogen-bond donors (Lipinski definition) is 1. The van der Waals surface area contributed by atoms with Crippen LogP contribution in [0.1, 0.15) is 12.0 Å². The second-order valence-electron chi connectivity index (χ2n) is 5.29. The van der Waals surface area contributed by atoms with Crippen LogP contribution in [0.15, 0.2) is 46.9 Å². The molecule has 0 saturated carbocycles. The number of nitrogens with zero attached hydrogens (tertiary/aromatic N) is 1. The van der Waals surface area contributed by atoms with Crippen LogP contribution in [-0.4, -0.2) is 24.4 Å². The molecule has 2 rings (SSSR count). The lowest BCUT2D eigenvalue weighted by Crippen LogP contribution is -2.24. The van der Waals surface area contributed by atoms with Gasteiger partial charge in [-0.3, -0.25) is 4.79 Å². The summed E-state index contributed by atoms with van der Waals surface area (Å²) in [5.74, 6) is -2.15. The normalized spacial score (nSPS) is 10.8. The number of rotatable bonds is 6. The largest absolute Gasteiger partial charge is 0.326 e. The van der Waals surface area contributed by atoms with Crippen LogP contribution in [0.4, 0.5) is 14.5 Å². The van der Waals surface area contributed by atoms with Gasteiger partial charge in [-0.15, -0.1) is 0 Å². The van der Waals surface area contributed by atoms with Gasteiger partial charge in [-0.25, -0.2) is 8.78 Å². The Labute approximate surface area is 142 Å². The summed E-state index contributed by atoms with van der Waals surface area (Å²) in [5, 5.41) is 2.56. The molecule has 122 valence electrons. The molecule has 2 aromatic rings. The summed E-state index contributed by atoms with van der Waals surface area (Å²) in [6, 6.07) is 11.3. The maximum absolute atomic E-state index is 13.1. The van der Waals surface area contributed by atoms with Gasteiger partial charge < -0.3 is 10.2 Å². The Morgan fingerprint density at radius 2 is 1.83 bits per heavy atom. The van der Waals surface area contributed by atoms with E-state index in [1.54, 1.807) is 0 Å². The van der Waals surface area contributed by atoms with E-state index in [0.717, 1.165) is 28.7 Å². The molecule has 0 unspecified atom stereocenters. The Bertz CT molecular complexity index is 677. The Morgan fingerprint density at radius 1 is 1.13 bits per heavy atom. The van der Waals surface area contributed by atoms with Gasteiger partial charge in [0.15, 0.2) is 11.6 Å². The Balaban J connectivity index is 1.79. The molecule has 0 bridgehead atoms. The molecular weight excluding hydrogens is 366 g/mol. The number of carbonyl (C=O) groups is 1. The lowest BCUT2D eigenvalue weighted by molar-refractivity contribution is -0.116. The highest BCUT2D eigenvalue weighted by Gasteiger charge is 2.08. The van der Waals surface area contributed by atoms with Crippen molar-refractivity contribution in [1.82, 2.24) is 4.90 Å². The average molecular weight is 383 g/mol. The van der Waals surface area contributed by atoms with Crippen molar-refractivity contribution in [2.24, 2.45) is 0 Å². The molecule has 3 nitrogen and oxygen atoms in total. The summed E-state index contributed by atoms with van der Waals surface area (Å²) in [6.45, 7) is 1.29. The molecule has 0 aliphatic carbocycles. The third-order valence-corrected chi connectivity index (χ3v) is 3.82. The quantitative estimate of drug-likeness (QED) is 0.812. The highest BCUT2D eigenvalue weighted by Crippen LogP contribution is 2.14. The number of amides is 1. The van der Waals surface area contributed by atoms with Crippen molar-refractivity contribution in [3.05, 3.63) is 64.1 Å². The van der Waals surface area contributed by atoms with Crippen LogP contribution in [0.5, 0.6) is 0 Å². The van der Waals surface area contributed by atoms with Crippen LogP contribution in [0, 0.1) is 11.6 Å². The molecule has 0 aromatic heterocycles. The van der Waals surface area contributed by atoms with Gasteiger partial charge in [0, 0.05) is 35.7 Å². The zero-order valence-electron chi connectivity index (χ0n) is 12.7. The van der Waals surface area contributed by atoms with Gasteiger partial charge in [-0.2, -0.15) is 0 Å². The molecule has 23 heavy (non-hydrogen) atoms. The summed E-state index contributed by atoms with van der Waals surface area (Å²) in [6.07, 6.45) is 0.270. The van der Waals surface area contributed by atoms with Crippen molar-refractivity contribution < 1.29 is 13.6 Å². The third kappa shape index (κ3) is 5.73. The van der Waals surface area contributed by atoms with Gasteiger partial charge >= 0.3 is 0 Å². The first-order valence-corrected chi connectivity index (χ1v) is 7.91. The van der Waals surface area contributed by atoms with Crippen LogP contribution in [-0.2, 0) is 11.3 Å². The third-order valence-electron chi connectivity index (χ3n) is 3.29. The molecule has 1 amide bonds. The van der Waals surface area contributed by atoms with E-state index in [2.05, 4.69) is 21.2 Å². The standard InChI is InChI=1S/C17H17BrF2N2O/c1-22(11-12-2-4-13(18)5-3-12)9-8-17(23)21-14-6-7-15(19)16(20)10-14/h2-7,10H,8-9,11H2,1H3,(H,21,23). The van der Waals surface area contributed by atoms with Gasteiger partial charge in [-0.1, -0.05) is 28.1 Å². The smallest absolute Gasteiger partial charge is 0.225 e. The maximum atomic E-state index is 13.1. The molecule has 2 aromatic carbocycles. The van der Waals surface area contributed by atoms with E-state index >= 15 is 0 Å².